The molecule has 7 heteroatoms. The summed E-state index contributed by atoms with van der Waals surface area (Å²) in [5.41, 5.74) is 0.485. The van der Waals surface area contributed by atoms with Gasteiger partial charge in [-0.15, -0.1) is 0 Å². The fourth-order valence-corrected chi connectivity index (χ4v) is 2.36. The molecule has 1 aromatic rings. The maximum Gasteiger partial charge on any atom is 0.239 e. The average molecular weight is 332 g/mol. The number of benzene rings is 1. The summed E-state index contributed by atoms with van der Waals surface area (Å²) >= 11 is 0. The van der Waals surface area contributed by atoms with Gasteiger partial charge in [0, 0.05) is 24.4 Å². The molecule has 1 fully saturated rings. The zero-order valence-corrected chi connectivity index (χ0v) is 13.3. The largest absolute Gasteiger partial charge is 0.486 e. The number of hydrogen-bond acceptors (Lipinski definition) is 5. The van der Waals surface area contributed by atoms with E-state index in [0.29, 0.717) is 30.3 Å². The van der Waals surface area contributed by atoms with E-state index in [1.54, 1.807) is 18.2 Å². The molecule has 128 valence electrons. The summed E-state index contributed by atoms with van der Waals surface area (Å²) in [6.45, 7) is 0.901. The molecule has 1 aliphatic carbocycles. The predicted octanol–water partition coefficient (Wildman–Crippen LogP) is 0.815. The van der Waals surface area contributed by atoms with Gasteiger partial charge in [-0.25, -0.2) is 0 Å². The lowest BCUT2D eigenvalue weighted by molar-refractivity contribution is -0.126. The fraction of sp³-hybridized carbons (Fsp3) is 0.471. The Morgan fingerprint density at radius 1 is 1.00 bits per heavy atom. The van der Waals surface area contributed by atoms with Gasteiger partial charge in [0.25, 0.3) is 0 Å². The minimum Gasteiger partial charge on any atom is -0.486 e. The van der Waals surface area contributed by atoms with Crippen LogP contribution in [0.15, 0.2) is 18.2 Å². The van der Waals surface area contributed by atoms with E-state index < -0.39 is 0 Å². The van der Waals surface area contributed by atoms with Crippen molar-refractivity contribution in [3.63, 3.8) is 0 Å². The summed E-state index contributed by atoms with van der Waals surface area (Å²) in [6.07, 6.45) is 2.13. The number of rotatable bonds is 7. The van der Waals surface area contributed by atoms with E-state index in [2.05, 4.69) is 10.6 Å². The number of ketones is 1. The van der Waals surface area contributed by atoms with Crippen LogP contribution in [0.2, 0.25) is 0 Å². The number of ether oxygens (including phenoxy) is 2. The topological polar surface area (TPSA) is 93.7 Å². The van der Waals surface area contributed by atoms with Crippen LogP contribution >= 0.6 is 0 Å². The lowest BCUT2D eigenvalue weighted by Crippen LogP contribution is -2.37. The molecule has 1 aromatic carbocycles. The highest BCUT2D eigenvalue weighted by Crippen LogP contribution is 2.31. The highest BCUT2D eigenvalue weighted by atomic mass is 16.6. The van der Waals surface area contributed by atoms with E-state index in [9.17, 15) is 14.4 Å². The number of carbonyl (C=O) groups is 3. The summed E-state index contributed by atoms with van der Waals surface area (Å²) < 4.78 is 10.8. The van der Waals surface area contributed by atoms with Crippen molar-refractivity contribution in [3.8, 4) is 11.5 Å². The van der Waals surface area contributed by atoms with Gasteiger partial charge in [0.15, 0.2) is 17.3 Å². The molecular weight excluding hydrogens is 312 g/mol. The van der Waals surface area contributed by atoms with Gasteiger partial charge in [0.05, 0.1) is 6.54 Å². The standard InChI is InChI=1S/C17H20N2O5/c20-13(11-1-5-14-15(9-11)24-8-7-23-14)4-6-16(21)18-10-17(22)19-12-2-3-12/h1,5,9,12H,2-4,6-8,10H2,(H,18,21)(H,19,22). The molecule has 2 amide bonds. The van der Waals surface area contributed by atoms with Crippen LogP contribution in [0.25, 0.3) is 0 Å². The van der Waals surface area contributed by atoms with Crippen LogP contribution in [-0.2, 0) is 9.59 Å². The van der Waals surface area contributed by atoms with E-state index in [1.807, 2.05) is 0 Å². The average Bonchev–Trinajstić information content (AvgIpc) is 3.41. The van der Waals surface area contributed by atoms with Crippen molar-refractivity contribution in [3.05, 3.63) is 23.8 Å². The summed E-state index contributed by atoms with van der Waals surface area (Å²) in [4.78, 5) is 35.4. The van der Waals surface area contributed by atoms with Crippen molar-refractivity contribution in [2.24, 2.45) is 0 Å². The fourth-order valence-electron chi connectivity index (χ4n) is 2.36. The molecule has 24 heavy (non-hydrogen) atoms. The van der Waals surface area contributed by atoms with Crippen LogP contribution in [0.5, 0.6) is 11.5 Å². The maximum atomic E-state index is 12.2. The Balaban J connectivity index is 1.42. The number of nitrogens with one attached hydrogen (secondary N) is 2. The molecule has 1 heterocycles. The summed E-state index contributed by atoms with van der Waals surface area (Å²) in [6, 6.07) is 5.27. The Bertz CT molecular complexity index is 654. The Morgan fingerprint density at radius 2 is 1.75 bits per heavy atom. The number of hydrogen-bond donors (Lipinski definition) is 2. The smallest absolute Gasteiger partial charge is 0.239 e. The third kappa shape index (κ3) is 4.47. The van der Waals surface area contributed by atoms with Gasteiger partial charge in [-0.2, -0.15) is 0 Å². The molecule has 0 saturated heterocycles. The zero-order chi connectivity index (χ0) is 16.9. The quantitative estimate of drug-likeness (QED) is 0.721. The Kier molecular flexibility index (Phi) is 4.98. The first-order valence-corrected chi connectivity index (χ1v) is 8.11. The first-order valence-electron chi connectivity index (χ1n) is 8.11. The molecule has 0 radical (unpaired) electrons. The van der Waals surface area contributed by atoms with Crippen molar-refractivity contribution in [2.45, 2.75) is 31.7 Å². The molecule has 2 aliphatic rings. The van der Waals surface area contributed by atoms with Crippen molar-refractivity contribution >= 4 is 17.6 Å². The second-order valence-electron chi connectivity index (χ2n) is 5.90. The zero-order valence-electron chi connectivity index (χ0n) is 13.3. The highest BCUT2D eigenvalue weighted by Gasteiger charge is 2.23. The van der Waals surface area contributed by atoms with Crippen LogP contribution in [0.3, 0.4) is 0 Å². The van der Waals surface area contributed by atoms with Crippen LogP contribution in [0.4, 0.5) is 0 Å². The van der Waals surface area contributed by atoms with E-state index >= 15 is 0 Å². The number of fused-ring (bicyclic) bond motifs is 1. The van der Waals surface area contributed by atoms with Gasteiger partial charge in [-0.3, -0.25) is 14.4 Å². The van der Waals surface area contributed by atoms with Crippen molar-refractivity contribution < 1.29 is 23.9 Å². The van der Waals surface area contributed by atoms with E-state index in [1.165, 1.54) is 0 Å². The first-order chi connectivity index (χ1) is 11.6. The maximum absolute atomic E-state index is 12.2. The monoisotopic (exact) mass is 332 g/mol. The summed E-state index contributed by atoms with van der Waals surface area (Å²) in [5.74, 6) is 0.519. The Morgan fingerprint density at radius 3 is 2.50 bits per heavy atom. The van der Waals surface area contributed by atoms with Gasteiger partial charge in [-0.1, -0.05) is 0 Å². The second-order valence-corrected chi connectivity index (χ2v) is 5.90. The van der Waals surface area contributed by atoms with Crippen molar-refractivity contribution in [2.75, 3.05) is 19.8 Å². The Hall–Kier alpha value is -2.57. The third-order valence-corrected chi connectivity index (χ3v) is 3.83. The third-order valence-electron chi connectivity index (χ3n) is 3.83. The van der Waals surface area contributed by atoms with Gasteiger partial charge in [-0.05, 0) is 31.0 Å². The molecule has 0 spiro atoms. The van der Waals surface area contributed by atoms with Crippen molar-refractivity contribution in [1.29, 1.82) is 0 Å². The molecule has 3 rings (SSSR count). The number of Topliss-reactive ketones (excluding diaryl/α,β-unsaturated/α-hetero) is 1. The highest BCUT2D eigenvalue weighted by molar-refractivity contribution is 5.98. The SMILES string of the molecule is O=C(CCC(=O)c1ccc2c(c1)OCCO2)NCC(=O)NC1CC1. The normalized spacial score (nSPS) is 15.5. The van der Waals surface area contributed by atoms with Gasteiger partial charge >= 0.3 is 0 Å². The molecule has 0 unspecified atom stereocenters. The van der Waals surface area contributed by atoms with Gasteiger partial charge in [0.2, 0.25) is 11.8 Å². The second kappa shape index (κ2) is 7.33. The molecule has 0 aromatic heterocycles. The number of carbonyl (C=O) groups excluding carboxylic acids is 3. The summed E-state index contributed by atoms with van der Waals surface area (Å²) in [7, 11) is 0. The lowest BCUT2D eigenvalue weighted by atomic mass is 10.1. The minimum absolute atomic E-state index is 0.0456. The molecule has 1 saturated carbocycles. The lowest BCUT2D eigenvalue weighted by Gasteiger charge is -2.18. The Labute approximate surface area is 139 Å². The molecule has 0 bridgehead atoms. The summed E-state index contributed by atoms with van der Waals surface area (Å²) in [5, 5.41) is 5.31. The first kappa shape index (κ1) is 16.3. The van der Waals surface area contributed by atoms with Gasteiger partial charge < -0.3 is 20.1 Å². The molecule has 1 aliphatic heterocycles. The van der Waals surface area contributed by atoms with E-state index in [4.69, 9.17) is 9.47 Å². The van der Waals surface area contributed by atoms with Crippen LogP contribution in [0.1, 0.15) is 36.0 Å². The van der Waals surface area contributed by atoms with Crippen molar-refractivity contribution in [1.82, 2.24) is 10.6 Å². The molecule has 0 atom stereocenters. The van der Waals surface area contributed by atoms with E-state index in [-0.39, 0.29) is 43.0 Å². The molecule has 7 nitrogen and oxygen atoms in total. The minimum atomic E-state index is -0.313. The van der Waals surface area contributed by atoms with Gasteiger partial charge in [0.1, 0.15) is 13.2 Å². The molecule has 2 N–H and O–H groups in total. The molecular formula is C17H20N2O5. The van der Waals surface area contributed by atoms with Crippen LogP contribution in [0, 0.1) is 0 Å². The van der Waals surface area contributed by atoms with Crippen LogP contribution < -0.4 is 20.1 Å². The van der Waals surface area contributed by atoms with E-state index in [0.717, 1.165) is 12.8 Å². The number of amides is 2. The van der Waals surface area contributed by atoms with Crippen LogP contribution in [-0.4, -0.2) is 43.4 Å². The predicted molar refractivity (Wildman–Crippen MR) is 85.2 cm³/mol.